The maximum absolute atomic E-state index is 14.0. The molecule has 3 saturated heterocycles. The van der Waals surface area contributed by atoms with Gasteiger partial charge in [-0.25, -0.2) is 4.39 Å². The first kappa shape index (κ1) is 15.8. The summed E-state index contributed by atoms with van der Waals surface area (Å²) in [6.07, 6.45) is 2.40. The molecule has 2 aromatic heterocycles. The number of benzene rings is 1. The minimum absolute atomic E-state index is 0.256. The van der Waals surface area contributed by atoms with Crippen molar-refractivity contribution in [2.45, 2.75) is 31.9 Å². The minimum atomic E-state index is -0.256. The molecule has 27 heavy (non-hydrogen) atoms. The molecule has 2 bridgehead atoms. The van der Waals surface area contributed by atoms with Crippen LogP contribution >= 0.6 is 0 Å². The molecule has 6 heterocycles. The van der Waals surface area contributed by atoms with Crippen LogP contribution < -0.4 is 0 Å². The third-order valence-electron chi connectivity index (χ3n) is 6.47. The molecule has 6 nitrogen and oxygen atoms in total. The average Bonchev–Trinajstić information content (AvgIpc) is 3.31. The average molecular weight is 368 g/mol. The summed E-state index contributed by atoms with van der Waals surface area (Å²) < 4.78 is 27.6. The highest BCUT2D eigenvalue weighted by atomic mass is 19.1. The topological polar surface area (TPSA) is 56.3 Å². The molecule has 4 aliphatic rings. The normalized spacial score (nSPS) is 27.2. The van der Waals surface area contributed by atoms with Crippen molar-refractivity contribution in [2.75, 3.05) is 26.2 Å². The van der Waals surface area contributed by atoms with E-state index >= 15 is 0 Å². The van der Waals surface area contributed by atoms with E-state index < -0.39 is 0 Å². The Balaban J connectivity index is 1.47. The molecule has 7 rings (SSSR count). The van der Waals surface area contributed by atoms with Crippen LogP contribution in [0.4, 0.5) is 4.39 Å². The summed E-state index contributed by atoms with van der Waals surface area (Å²) in [5.41, 5.74) is 2.85. The molecule has 3 aromatic rings. The lowest BCUT2D eigenvalue weighted by atomic mass is 9.79. The minimum Gasteiger partial charge on any atom is -0.373 e. The number of halogens is 1. The Labute approximate surface area is 155 Å². The number of piperidine rings is 3. The number of rotatable bonds is 2. The smallest absolute Gasteiger partial charge is 0.231 e. The zero-order valence-corrected chi connectivity index (χ0v) is 15.0. The van der Waals surface area contributed by atoms with E-state index in [0.29, 0.717) is 30.9 Å². The van der Waals surface area contributed by atoms with Crippen LogP contribution in [0.5, 0.6) is 0 Å². The maximum atomic E-state index is 14.0. The fraction of sp³-hybridized carbons (Fsp3) is 0.500. The Morgan fingerprint density at radius 1 is 1.15 bits per heavy atom. The second-order valence-corrected chi connectivity index (χ2v) is 7.89. The Bertz CT molecular complexity index is 1020. The molecule has 0 aliphatic carbocycles. The van der Waals surface area contributed by atoms with Crippen molar-refractivity contribution >= 4 is 10.9 Å². The zero-order valence-electron chi connectivity index (χ0n) is 15.0. The Hall–Kier alpha value is -2.25. The lowest BCUT2D eigenvalue weighted by Crippen LogP contribution is -2.46. The molecular weight excluding hydrogens is 347 g/mol. The maximum Gasteiger partial charge on any atom is 0.231 e. The quantitative estimate of drug-likeness (QED) is 0.695. The van der Waals surface area contributed by atoms with Gasteiger partial charge in [0.1, 0.15) is 5.82 Å². The second-order valence-electron chi connectivity index (χ2n) is 7.89. The molecule has 0 radical (unpaired) electrons. The van der Waals surface area contributed by atoms with Gasteiger partial charge in [-0.15, -0.1) is 0 Å². The summed E-state index contributed by atoms with van der Waals surface area (Å²) in [5, 5.41) is 5.14. The number of ether oxygens (including phenoxy) is 1. The summed E-state index contributed by atoms with van der Waals surface area (Å²) in [6.45, 7) is 5.24. The summed E-state index contributed by atoms with van der Waals surface area (Å²) in [5.74, 6) is 1.96. The van der Waals surface area contributed by atoms with Gasteiger partial charge in [-0.1, -0.05) is 5.16 Å². The molecule has 140 valence electrons. The van der Waals surface area contributed by atoms with Gasteiger partial charge in [0.2, 0.25) is 11.7 Å². The van der Waals surface area contributed by atoms with Crippen molar-refractivity contribution in [3.05, 3.63) is 35.6 Å². The Morgan fingerprint density at radius 3 is 2.85 bits per heavy atom. The molecule has 4 aliphatic heterocycles. The van der Waals surface area contributed by atoms with Crippen molar-refractivity contribution in [3.8, 4) is 11.4 Å². The van der Waals surface area contributed by atoms with Gasteiger partial charge in [0.05, 0.1) is 30.4 Å². The van der Waals surface area contributed by atoms with Gasteiger partial charge in [0.25, 0.3) is 0 Å². The lowest BCUT2D eigenvalue weighted by Gasteiger charge is -2.43. The predicted molar refractivity (Wildman–Crippen MR) is 96.7 cm³/mol. The molecule has 7 heteroatoms. The summed E-state index contributed by atoms with van der Waals surface area (Å²) >= 11 is 0. The van der Waals surface area contributed by atoms with Crippen molar-refractivity contribution in [1.29, 1.82) is 0 Å². The molecule has 0 N–H and O–H groups in total. The molecule has 0 saturated carbocycles. The highest BCUT2D eigenvalue weighted by Gasteiger charge is 2.38. The van der Waals surface area contributed by atoms with E-state index in [-0.39, 0.29) is 5.82 Å². The first-order chi connectivity index (χ1) is 13.3. The van der Waals surface area contributed by atoms with Crippen LogP contribution in [-0.2, 0) is 17.9 Å². The molecule has 0 spiro atoms. The Morgan fingerprint density at radius 2 is 2.04 bits per heavy atom. The van der Waals surface area contributed by atoms with Crippen molar-refractivity contribution in [3.63, 3.8) is 0 Å². The third kappa shape index (κ3) is 2.38. The van der Waals surface area contributed by atoms with E-state index in [2.05, 4.69) is 14.6 Å². The molecule has 3 fully saturated rings. The van der Waals surface area contributed by atoms with Crippen molar-refractivity contribution < 1.29 is 13.7 Å². The number of aromatic nitrogens is 3. The van der Waals surface area contributed by atoms with Crippen LogP contribution in [0.25, 0.3) is 22.3 Å². The van der Waals surface area contributed by atoms with E-state index in [9.17, 15) is 4.39 Å². The van der Waals surface area contributed by atoms with Gasteiger partial charge in [-0.2, -0.15) is 4.98 Å². The second kappa shape index (κ2) is 5.87. The van der Waals surface area contributed by atoms with Gasteiger partial charge < -0.3 is 18.7 Å². The number of hydrogen-bond donors (Lipinski definition) is 0. The number of fused-ring (bicyclic) bond motifs is 6. The molecule has 0 amide bonds. The summed E-state index contributed by atoms with van der Waals surface area (Å²) in [6, 6.07) is 4.90. The van der Waals surface area contributed by atoms with Crippen LogP contribution in [0.15, 0.2) is 22.7 Å². The summed E-state index contributed by atoms with van der Waals surface area (Å²) in [4.78, 5) is 7.27. The number of nitrogens with zero attached hydrogens (tertiary/aromatic N) is 4. The van der Waals surface area contributed by atoms with Gasteiger partial charge >= 0.3 is 0 Å². The third-order valence-corrected chi connectivity index (χ3v) is 6.47. The highest BCUT2D eigenvalue weighted by Crippen LogP contribution is 2.40. The van der Waals surface area contributed by atoms with Crippen molar-refractivity contribution in [1.82, 2.24) is 19.6 Å². The highest BCUT2D eigenvalue weighted by molar-refractivity contribution is 5.96. The fourth-order valence-corrected chi connectivity index (χ4v) is 5.09. The first-order valence-electron chi connectivity index (χ1n) is 9.72. The predicted octanol–water partition coefficient (Wildman–Crippen LogP) is 3.17. The first-order valence-corrected chi connectivity index (χ1v) is 9.72. The molecule has 1 atom stereocenters. The van der Waals surface area contributed by atoms with Crippen LogP contribution in [0.1, 0.15) is 30.3 Å². The number of hydrogen-bond acceptors (Lipinski definition) is 5. The largest absolute Gasteiger partial charge is 0.373 e. The fourth-order valence-electron chi connectivity index (χ4n) is 5.09. The monoisotopic (exact) mass is 368 g/mol. The van der Waals surface area contributed by atoms with E-state index in [0.717, 1.165) is 41.1 Å². The van der Waals surface area contributed by atoms with Crippen LogP contribution in [0.2, 0.25) is 0 Å². The van der Waals surface area contributed by atoms with E-state index in [1.807, 2.05) is 6.07 Å². The lowest BCUT2D eigenvalue weighted by molar-refractivity contribution is 0.0727. The van der Waals surface area contributed by atoms with E-state index in [1.54, 1.807) is 6.07 Å². The molecule has 1 unspecified atom stereocenters. The van der Waals surface area contributed by atoms with Gasteiger partial charge in [-0.3, -0.25) is 0 Å². The van der Waals surface area contributed by atoms with Crippen LogP contribution in [0.3, 0.4) is 0 Å². The standard InChI is InChI=1S/C20H21FN4O2/c21-13-1-2-16-14(9-13)18(17-11-26-8-7-25(16)17)19-22-20(27-23-19)15-10-24-5-3-12(15)4-6-24/h1-2,9,12,15H,3-8,10-11H2. The Kier molecular flexibility index (Phi) is 3.43. The van der Waals surface area contributed by atoms with Crippen molar-refractivity contribution in [2.24, 2.45) is 5.92 Å². The van der Waals surface area contributed by atoms with Crippen LogP contribution in [0, 0.1) is 11.7 Å². The molecule has 1 aromatic carbocycles. The van der Waals surface area contributed by atoms with Gasteiger partial charge in [0.15, 0.2) is 0 Å². The van der Waals surface area contributed by atoms with Crippen LogP contribution in [-0.4, -0.2) is 45.8 Å². The zero-order chi connectivity index (χ0) is 18.0. The molecular formula is C20H21FN4O2. The SMILES string of the molecule is Fc1ccc2c(c1)c(-c1noc(C3CN4CCC3CC4)n1)c1n2CCOC1. The van der Waals surface area contributed by atoms with Gasteiger partial charge in [0, 0.05) is 24.0 Å². The summed E-state index contributed by atoms with van der Waals surface area (Å²) in [7, 11) is 0. The van der Waals surface area contributed by atoms with E-state index in [4.69, 9.17) is 14.2 Å². The van der Waals surface area contributed by atoms with E-state index in [1.165, 1.54) is 32.0 Å². The van der Waals surface area contributed by atoms with Gasteiger partial charge in [-0.05, 0) is 50.0 Å².